The normalized spacial score (nSPS) is 13.2. The number of nitrogens with zero attached hydrogens (tertiary/aromatic N) is 2. The summed E-state index contributed by atoms with van der Waals surface area (Å²) in [7, 11) is 0. The van der Waals surface area contributed by atoms with Crippen molar-refractivity contribution in [2.45, 2.75) is 6.54 Å². The van der Waals surface area contributed by atoms with Crippen LogP contribution < -0.4 is 5.32 Å². The molecule has 1 aromatic carbocycles. The Morgan fingerprint density at radius 1 is 1.21 bits per heavy atom. The van der Waals surface area contributed by atoms with Gasteiger partial charge in [0.15, 0.2) is 0 Å². The van der Waals surface area contributed by atoms with Crippen LogP contribution in [0.15, 0.2) is 41.0 Å². The lowest BCUT2D eigenvalue weighted by Crippen LogP contribution is -2.40. The Morgan fingerprint density at radius 2 is 1.96 bits per heavy atom. The van der Waals surface area contributed by atoms with E-state index in [1.807, 2.05) is 0 Å². The highest BCUT2D eigenvalue weighted by Crippen LogP contribution is 2.25. The first-order valence-electron chi connectivity index (χ1n) is 6.99. The van der Waals surface area contributed by atoms with E-state index in [1.54, 1.807) is 6.07 Å². The van der Waals surface area contributed by atoms with Gasteiger partial charge in [0.25, 0.3) is 11.8 Å². The number of hydrogen-bond acceptors (Lipinski definition) is 4. The van der Waals surface area contributed by atoms with Gasteiger partial charge in [0.2, 0.25) is 5.91 Å². The van der Waals surface area contributed by atoms with E-state index in [4.69, 9.17) is 0 Å². The van der Waals surface area contributed by atoms with Crippen LogP contribution in [0.25, 0.3) is 0 Å². The van der Waals surface area contributed by atoms with Crippen molar-refractivity contribution in [3.05, 3.63) is 63.6 Å². The minimum atomic E-state index is -0.575. The van der Waals surface area contributed by atoms with Crippen LogP contribution in [0, 0.1) is 5.82 Å². The molecule has 3 rings (SSSR count). The molecule has 0 saturated heterocycles. The van der Waals surface area contributed by atoms with Gasteiger partial charge in [-0.25, -0.2) is 4.39 Å². The van der Waals surface area contributed by atoms with Gasteiger partial charge in [0.1, 0.15) is 12.4 Å². The van der Waals surface area contributed by atoms with Crippen LogP contribution >= 0.6 is 15.9 Å². The maximum Gasteiger partial charge on any atom is 0.262 e. The number of carbonyl (C=O) groups is 3. The lowest BCUT2D eigenvalue weighted by Gasteiger charge is -2.13. The fourth-order valence-electron chi connectivity index (χ4n) is 2.34. The van der Waals surface area contributed by atoms with E-state index in [2.05, 4.69) is 26.2 Å². The van der Waals surface area contributed by atoms with Gasteiger partial charge >= 0.3 is 0 Å². The van der Waals surface area contributed by atoms with Gasteiger partial charge in [-0.1, -0.05) is 15.9 Å². The summed E-state index contributed by atoms with van der Waals surface area (Å²) in [6.45, 7) is -0.557. The van der Waals surface area contributed by atoms with Crippen LogP contribution in [-0.2, 0) is 11.3 Å². The van der Waals surface area contributed by atoms with Crippen molar-refractivity contribution in [1.29, 1.82) is 0 Å². The van der Waals surface area contributed by atoms with E-state index in [0.29, 0.717) is 4.47 Å². The van der Waals surface area contributed by atoms with E-state index >= 15 is 0 Å². The number of benzene rings is 1. The van der Waals surface area contributed by atoms with Gasteiger partial charge in [-0.2, -0.15) is 0 Å². The number of amides is 3. The summed E-state index contributed by atoms with van der Waals surface area (Å²) in [6, 6.07) is 7.39. The number of nitrogens with one attached hydrogen (secondary N) is 1. The summed E-state index contributed by atoms with van der Waals surface area (Å²) >= 11 is 3.24. The quantitative estimate of drug-likeness (QED) is 0.807. The van der Waals surface area contributed by atoms with Crippen molar-refractivity contribution < 1.29 is 18.8 Å². The number of hydrogen-bond donors (Lipinski definition) is 1. The van der Waals surface area contributed by atoms with E-state index in [-0.39, 0.29) is 23.4 Å². The third kappa shape index (κ3) is 3.05. The third-order valence-corrected chi connectivity index (χ3v) is 4.02. The second-order valence-electron chi connectivity index (χ2n) is 5.10. The molecule has 122 valence electrons. The van der Waals surface area contributed by atoms with Crippen molar-refractivity contribution in [1.82, 2.24) is 15.2 Å². The smallest absolute Gasteiger partial charge is 0.262 e. The van der Waals surface area contributed by atoms with Gasteiger partial charge in [0, 0.05) is 10.7 Å². The maximum atomic E-state index is 13.4. The second kappa shape index (κ2) is 6.48. The molecule has 0 spiro atoms. The second-order valence-corrected chi connectivity index (χ2v) is 6.01. The molecule has 0 radical (unpaired) electrons. The summed E-state index contributed by atoms with van der Waals surface area (Å²) in [5.41, 5.74) is 0.585. The summed E-state index contributed by atoms with van der Waals surface area (Å²) in [5.74, 6) is -2.17. The molecule has 6 nitrogen and oxygen atoms in total. The van der Waals surface area contributed by atoms with Crippen molar-refractivity contribution in [2.24, 2.45) is 0 Å². The molecule has 0 fully saturated rings. The third-order valence-electron chi connectivity index (χ3n) is 3.52. The van der Waals surface area contributed by atoms with Crippen LogP contribution in [0.3, 0.4) is 0 Å². The zero-order valence-electron chi connectivity index (χ0n) is 12.3. The van der Waals surface area contributed by atoms with Crippen molar-refractivity contribution in [2.75, 3.05) is 6.54 Å². The number of carbonyl (C=O) groups excluding carboxylic acids is 3. The van der Waals surface area contributed by atoms with Crippen LogP contribution in [0.2, 0.25) is 0 Å². The van der Waals surface area contributed by atoms with Gasteiger partial charge in [-0.3, -0.25) is 24.3 Å². The predicted octanol–water partition coefficient (Wildman–Crippen LogP) is 1.90. The Hall–Kier alpha value is -2.61. The van der Waals surface area contributed by atoms with Crippen LogP contribution in [0.1, 0.15) is 26.4 Å². The number of rotatable bonds is 4. The minimum absolute atomic E-state index is 0.0807. The van der Waals surface area contributed by atoms with Gasteiger partial charge in [-0.05, 0) is 30.3 Å². The molecule has 0 aliphatic carbocycles. The van der Waals surface area contributed by atoms with Gasteiger partial charge in [-0.15, -0.1) is 0 Å². The molecular weight excluding hydrogens is 381 g/mol. The minimum Gasteiger partial charge on any atom is -0.349 e. The Morgan fingerprint density at radius 3 is 2.71 bits per heavy atom. The summed E-state index contributed by atoms with van der Waals surface area (Å²) in [5, 5.41) is 2.45. The summed E-state index contributed by atoms with van der Waals surface area (Å²) in [6.07, 6.45) is 1.41. The largest absolute Gasteiger partial charge is 0.349 e. The van der Waals surface area contributed by atoms with Crippen LogP contribution in [0.5, 0.6) is 0 Å². The SMILES string of the molecule is O=C(CN1C(=O)c2ccc(Br)cc2C1=O)NCc1ncccc1F. The fourth-order valence-corrected chi connectivity index (χ4v) is 2.70. The number of pyridine rings is 1. The van der Waals surface area contributed by atoms with Gasteiger partial charge < -0.3 is 5.32 Å². The van der Waals surface area contributed by atoms with Crippen molar-refractivity contribution >= 4 is 33.7 Å². The monoisotopic (exact) mass is 391 g/mol. The lowest BCUT2D eigenvalue weighted by molar-refractivity contribution is -0.121. The molecule has 2 heterocycles. The molecule has 0 atom stereocenters. The van der Waals surface area contributed by atoms with E-state index in [0.717, 1.165) is 4.90 Å². The first-order valence-corrected chi connectivity index (χ1v) is 7.78. The highest BCUT2D eigenvalue weighted by Gasteiger charge is 2.36. The molecule has 1 aliphatic rings. The first kappa shape index (κ1) is 16.3. The number of halogens is 2. The average molecular weight is 392 g/mol. The number of aromatic nitrogens is 1. The molecule has 0 bridgehead atoms. The molecule has 1 aromatic heterocycles. The molecule has 3 amide bonds. The first-order chi connectivity index (χ1) is 11.5. The predicted molar refractivity (Wildman–Crippen MR) is 85.6 cm³/mol. The summed E-state index contributed by atoms with van der Waals surface area (Å²) < 4.78 is 14.1. The van der Waals surface area contributed by atoms with Crippen molar-refractivity contribution in [3.8, 4) is 0 Å². The Bertz CT molecular complexity index is 856. The lowest BCUT2D eigenvalue weighted by atomic mass is 10.1. The van der Waals surface area contributed by atoms with Gasteiger partial charge in [0.05, 0.1) is 23.4 Å². The van der Waals surface area contributed by atoms with E-state index < -0.39 is 30.1 Å². The fraction of sp³-hybridized carbons (Fsp3) is 0.125. The standard InChI is InChI=1S/C16H11BrFN3O3/c17-9-3-4-10-11(6-9)16(24)21(15(10)23)8-14(22)20-7-13-12(18)2-1-5-19-13/h1-6H,7-8H2,(H,20,22). The molecule has 2 aromatic rings. The molecular formula is C16H11BrFN3O3. The molecule has 8 heteroatoms. The van der Waals surface area contributed by atoms with Crippen LogP contribution in [-0.4, -0.2) is 34.2 Å². The number of fused-ring (bicyclic) bond motifs is 1. The average Bonchev–Trinajstić information content (AvgIpc) is 2.79. The Labute approximate surface area is 144 Å². The van der Waals surface area contributed by atoms with E-state index in [9.17, 15) is 18.8 Å². The molecule has 1 aliphatic heterocycles. The molecule has 1 N–H and O–H groups in total. The van der Waals surface area contributed by atoms with E-state index in [1.165, 1.54) is 30.5 Å². The van der Waals surface area contributed by atoms with Crippen LogP contribution in [0.4, 0.5) is 4.39 Å². The molecule has 0 saturated carbocycles. The highest BCUT2D eigenvalue weighted by atomic mass is 79.9. The Balaban J connectivity index is 1.66. The molecule has 0 unspecified atom stereocenters. The van der Waals surface area contributed by atoms with Crippen molar-refractivity contribution in [3.63, 3.8) is 0 Å². The zero-order valence-corrected chi connectivity index (χ0v) is 13.8. The zero-order chi connectivity index (χ0) is 17.3. The molecule has 24 heavy (non-hydrogen) atoms. The topological polar surface area (TPSA) is 79.4 Å². The summed E-state index contributed by atoms with van der Waals surface area (Å²) in [4.78, 5) is 41.1. The maximum absolute atomic E-state index is 13.4. The highest BCUT2D eigenvalue weighted by molar-refractivity contribution is 9.10. The Kier molecular flexibility index (Phi) is 4.39. The number of imide groups is 1.